The minimum Gasteiger partial charge on any atom is -0.365 e. The molecular weight excluding hydrogens is 374 g/mol. The van der Waals surface area contributed by atoms with Gasteiger partial charge >= 0.3 is 0 Å². The molecule has 8 heteroatoms. The third-order valence-electron chi connectivity index (χ3n) is 5.42. The van der Waals surface area contributed by atoms with Crippen LogP contribution >= 0.6 is 11.6 Å². The third kappa shape index (κ3) is 3.91. The lowest BCUT2D eigenvalue weighted by Crippen LogP contribution is -2.43. The largest absolute Gasteiger partial charge is 0.365 e. The average molecular weight is 400 g/mol. The van der Waals surface area contributed by atoms with Crippen LogP contribution in [0.1, 0.15) is 36.8 Å². The summed E-state index contributed by atoms with van der Waals surface area (Å²) in [5.41, 5.74) is 9.23. The lowest BCUT2D eigenvalue weighted by molar-refractivity contribution is 0.402. The second-order valence-electron chi connectivity index (χ2n) is 7.54. The number of fused-ring (bicyclic) bond motifs is 1. The van der Waals surface area contributed by atoms with Gasteiger partial charge in [-0.3, -0.25) is 4.68 Å². The molecule has 0 saturated heterocycles. The van der Waals surface area contributed by atoms with Gasteiger partial charge in [0.05, 0.1) is 11.6 Å². The maximum Gasteiger partial charge on any atom is 0.226 e. The molecule has 0 spiro atoms. The number of rotatable bonds is 5. The number of aromatic nitrogens is 4. The summed E-state index contributed by atoms with van der Waals surface area (Å²) in [5, 5.41) is 12.9. The summed E-state index contributed by atoms with van der Waals surface area (Å²) in [6, 6.07) is 6.40. The van der Waals surface area contributed by atoms with Crippen molar-refractivity contribution < 1.29 is 0 Å². The molecule has 7 nitrogen and oxygen atoms in total. The van der Waals surface area contributed by atoms with E-state index in [1.807, 2.05) is 26.1 Å². The van der Waals surface area contributed by atoms with E-state index in [9.17, 15) is 0 Å². The molecule has 0 aliphatic heterocycles. The molecule has 1 aliphatic rings. The van der Waals surface area contributed by atoms with E-state index in [-0.39, 0.29) is 12.1 Å². The van der Waals surface area contributed by atoms with Gasteiger partial charge < -0.3 is 16.4 Å². The zero-order chi connectivity index (χ0) is 19.7. The first-order valence-electron chi connectivity index (χ1n) is 9.72. The number of hydrogen-bond acceptors (Lipinski definition) is 6. The molecule has 4 N–H and O–H groups in total. The highest BCUT2D eigenvalue weighted by molar-refractivity contribution is 6.31. The van der Waals surface area contributed by atoms with Gasteiger partial charge in [0, 0.05) is 30.7 Å². The number of benzene rings is 1. The summed E-state index contributed by atoms with van der Waals surface area (Å²) >= 11 is 6.25. The monoisotopic (exact) mass is 399 g/mol. The minimum absolute atomic E-state index is 0.130. The third-order valence-corrected chi connectivity index (χ3v) is 5.83. The van der Waals surface area contributed by atoms with Crippen LogP contribution < -0.4 is 16.4 Å². The van der Waals surface area contributed by atoms with Crippen molar-refractivity contribution in [2.75, 3.05) is 10.6 Å². The molecule has 3 aromatic rings. The molecule has 2 heterocycles. The molecule has 4 rings (SSSR count). The zero-order valence-corrected chi connectivity index (χ0v) is 17.0. The Kier molecular flexibility index (Phi) is 5.37. The van der Waals surface area contributed by atoms with Crippen LogP contribution in [0.15, 0.2) is 24.4 Å². The van der Waals surface area contributed by atoms with E-state index in [0.29, 0.717) is 12.5 Å². The molecule has 1 fully saturated rings. The number of aryl methyl sites for hydroxylation is 2. The van der Waals surface area contributed by atoms with Crippen molar-refractivity contribution in [1.29, 1.82) is 0 Å². The van der Waals surface area contributed by atoms with Crippen molar-refractivity contribution in [3.63, 3.8) is 0 Å². The first-order valence-corrected chi connectivity index (χ1v) is 10.1. The van der Waals surface area contributed by atoms with Gasteiger partial charge in [0.1, 0.15) is 5.82 Å². The summed E-state index contributed by atoms with van der Waals surface area (Å²) in [4.78, 5) is 9.39. The highest BCUT2D eigenvalue weighted by Crippen LogP contribution is 2.25. The Morgan fingerprint density at radius 1 is 1.25 bits per heavy atom. The number of nitrogens with two attached hydrogens (primary N) is 1. The lowest BCUT2D eigenvalue weighted by atomic mass is 9.91. The molecule has 0 unspecified atom stereocenters. The molecular formula is C20H26ClN7. The second kappa shape index (κ2) is 7.93. The van der Waals surface area contributed by atoms with E-state index in [1.165, 1.54) is 12.8 Å². The molecule has 1 aliphatic carbocycles. The van der Waals surface area contributed by atoms with Gasteiger partial charge in [0.25, 0.3) is 0 Å². The van der Waals surface area contributed by atoms with E-state index in [0.717, 1.165) is 45.8 Å². The summed E-state index contributed by atoms with van der Waals surface area (Å²) in [6.07, 6.45) is 6.23. The number of nitrogens with zero attached hydrogens (tertiary/aromatic N) is 4. The van der Waals surface area contributed by atoms with Gasteiger partial charge in [-0.25, -0.2) is 0 Å². The standard InChI is InChI=1S/C20H26ClN7/c1-12-7-8-13(9-15(12)21)10-23-18-14-11-24-28(2)19(14)27-20(26-18)25-17-6-4-3-5-16(17)22/h7-9,11,16-17H,3-6,10,22H2,1-2H3,(H2,23,25,26,27)/t16-,17-/m1/s1. The smallest absolute Gasteiger partial charge is 0.226 e. The molecule has 0 amide bonds. The van der Waals surface area contributed by atoms with Crippen LogP contribution in [0, 0.1) is 6.92 Å². The van der Waals surface area contributed by atoms with Gasteiger partial charge in [0.2, 0.25) is 5.95 Å². The van der Waals surface area contributed by atoms with E-state index in [2.05, 4.69) is 26.8 Å². The highest BCUT2D eigenvalue weighted by Gasteiger charge is 2.23. The summed E-state index contributed by atoms with van der Waals surface area (Å²) in [6.45, 7) is 2.61. The number of anilines is 2. The highest BCUT2D eigenvalue weighted by atomic mass is 35.5. The van der Waals surface area contributed by atoms with Gasteiger partial charge in [-0.2, -0.15) is 15.1 Å². The number of halogens is 1. The predicted molar refractivity (Wildman–Crippen MR) is 114 cm³/mol. The Labute approximate surface area is 169 Å². The van der Waals surface area contributed by atoms with Gasteiger partial charge in [-0.1, -0.05) is 36.6 Å². The molecule has 2 aromatic heterocycles. The molecule has 148 valence electrons. The molecule has 1 saturated carbocycles. The Bertz CT molecular complexity index is 984. The van der Waals surface area contributed by atoms with E-state index >= 15 is 0 Å². The molecule has 28 heavy (non-hydrogen) atoms. The van der Waals surface area contributed by atoms with Gasteiger partial charge in [-0.15, -0.1) is 0 Å². The van der Waals surface area contributed by atoms with Crippen LogP contribution in [0.25, 0.3) is 11.0 Å². The maximum absolute atomic E-state index is 6.28. The fourth-order valence-electron chi connectivity index (χ4n) is 3.66. The summed E-state index contributed by atoms with van der Waals surface area (Å²) in [7, 11) is 1.88. The lowest BCUT2D eigenvalue weighted by Gasteiger charge is -2.29. The van der Waals surface area contributed by atoms with E-state index < -0.39 is 0 Å². The fraction of sp³-hybridized carbons (Fsp3) is 0.450. The normalized spacial score (nSPS) is 19.7. The van der Waals surface area contributed by atoms with Gasteiger partial charge in [-0.05, 0) is 37.0 Å². The second-order valence-corrected chi connectivity index (χ2v) is 7.94. The molecule has 2 atom stereocenters. The fourth-order valence-corrected chi connectivity index (χ4v) is 3.86. The van der Waals surface area contributed by atoms with Crippen LogP contribution in [-0.2, 0) is 13.6 Å². The van der Waals surface area contributed by atoms with E-state index in [4.69, 9.17) is 22.3 Å². The number of nitrogens with one attached hydrogen (secondary N) is 2. The molecule has 0 bridgehead atoms. The van der Waals surface area contributed by atoms with Crippen molar-refractivity contribution in [1.82, 2.24) is 19.7 Å². The van der Waals surface area contributed by atoms with Crippen molar-refractivity contribution in [3.05, 3.63) is 40.5 Å². The van der Waals surface area contributed by atoms with E-state index in [1.54, 1.807) is 10.9 Å². The number of hydrogen-bond donors (Lipinski definition) is 3. The SMILES string of the molecule is Cc1ccc(CNc2nc(N[C@@H]3CCCC[C@H]3N)nc3c2cnn3C)cc1Cl. The Balaban J connectivity index is 1.60. The minimum atomic E-state index is 0.130. The molecule has 0 radical (unpaired) electrons. The van der Waals surface area contributed by atoms with Crippen molar-refractivity contribution in [3.8, 4) is 0 Å². The maximum atomic E-state index is 6.28. The van der Waals surface area contributed by atoms with Crippen molar-refractivity contribution in [2.45, 2.75) is 51.2 Å². The predicted octanol–water partition coefficient (Wildman–Crippen LogP) is 3.62. The topological polar surface area (TPSA) is 93.7 Å². The van der Waals surface area contributed by atoms with Crippen LogP contribution in [0.3, 0.4) is 0 Å². The summed E-state index contributed by atoms with van der Waals surface area (Å²) < 4.78 is 1.76. The van der Waals surface area contributed by atoms with Crippen molar-refractivity contribution >= 4 is 34.4 Å². The van der Waals surface area contributed by atoms with Crippen LogP contribution in [0.5, 0.6) is 0 Å². The first kappa shape index (κ1) is 19.0. The van der Waals surface area contributed by atoms with Crippen molar-refractivity contribution in [2.24, 2.45) is 12.8 Å². The Morgan fingerprint density at radius 2 is 2.07 bits per heavy atom. The quantitative estimate of drug-likeness (QED) is 0.606. The zero-order valence-electron chi connectivity index (χ0n) is 16.2. The summed E-state index contributed by atoms with van der Waals surface area (Å²) in [5.74, 6) is 1.34. The Morgan fingerprint density at radius 3 is 2.86 bits per heavy atom. The van der Waals surface area contributed by atoms with Crippen LogP contribution in [0.2, 0.25) is 5.02 Å². The molecule has 1 aromatic carbocycles. The van der Waals surface area contributed by atoms with Crippen LogP contribution in [-0.4, -0.2) is 31.8 Å². The average Bonchev–Trinajstić information content (AvgIpc) is 3.05. The Hall–Kier alpha value is -2.38. The first-order chi connectivity index (χ1) is 13.5. The van der Waals surface area contributed by atoms with Crippen LogP contribution in [0.4, 0.5) is 11.8 Å². The van der Waals surface area contributed by atoms with Gasteiger partial charge in [0.15, 0.2) is 5.65 Å².